The van der Waals surface area contributed by atoms with Gasteiger partial charge in [-0.05, 0) is 22.0 Å². The van der Waals surface area contributed by atoms with Crippen LogP contribution in [-0.4, -0.2) is 15.6 Å². The molecule has 0 spiro atoms. The van der Waals surface area contributed by atoms with Gasteiger partial charge in [0.1, 0.15) is 5.69 Å². The number of hydrogen-bond donors (Lipinski definition) is 0. The van der Waals surface area contributed by atoms with Gasteiger partial charge in [0.05, 0.1) is 16.2 Å². The molecule has 0 aliphatic heterocycles. The zero-order valence-corrected chi connectivity index (χ0v) is 11.3. The van der Waals surface area contributed by atoms with Gasteiger partial charge in [0.2, 0.25) is 5.78 Å². The molecule has 0 aliphatic rings. The van der Waals surface area contributed by atoms with Crippen LogP contribution in [0.4, 0.5) is 13.2 Å². The third-order valence-electron chi connectivity index (χ3n) is 2.59. The maximum absolute atomic E-state index is 12.9. The van der Waals surface area contributed by atoms with E-state index < -0.39 is 17.5 Å². The van der Waals surface area contributed by atoms with Crippen LogP contribution in [0.3, 0.4) is 0 Å². The fourth-order valence-electron chi connectivity index (χ4n) is 1.72. The zero-order valence-electron chi connectivity index (χ0n) is 9.70. The summed E-state index contributed by atoms with van der Waals surface area (Å²) < 4.78 is 40.2. The number of alkyl halides is 3. The van der Waals surface area contributed by atoms with Crippen LogP contribution in [0.1, 0.15) is 21.6 Å². The molecule has 0 fully saturated rings. The van der Waals surface area contributed by atoms with Gasteiger partial charge in [0.25, 0.3) is 0 Å². The first-order chi connectivity index (χ1) is 8.82. The van der Waals surface area contributed by atoms with Crippen LogP contribution in [0.25, 0.3) is 0 Å². The third-order valence-corrected chi connectivity index (χ3v) is 3.17. The van der Waals surface area contributed by atoms with E-state index in [-0.39, 0.29) is 11.3 Å². The Balaban J connectivity index is 2.58. The lowest BCUT2D eigenvalue weighted by Gasteiger charge is -2.12. The van der Waals surface area contributed by atoms with Crippen molar-refractivity contribution >= 4 is 21.7 Å². The molecule has 0 aliphatic carbocycles. The Kier molecular flexibility index (Phi) is 3.49. The molecule has 2 aromatic rings. The van der Waals surface area contributed by atoms with E-state index in [1.165, 1.54) is 30.1 Å². The van der Waals surface area contributed by atoms with Gasteiger partial charge in [-0.3, -0.25) is 9.48 Å². The number of carbonyl (C=O) groups excluding carboxylic acids is 1. The van der Waals surface area contributed by atoms with Crippen LogP contribution >= 0.6 is 15.9 Å². The van der Waals surface area contributed by atoms with Crippen LogP contribution in [0.2, 0.25) is 0 Å². The summed E-state index contributed by atoms with van der Waals surface area (Å²) in [5.74, 6) is -0.722. The molecular weight excluding hydrogens is 325 g/mol. The van der Waals surface area contributed by atoms with Gasteiger partial charge in [-0.15, -0.1) is 0 Å². The molecule has 0 atom stereocenters. The number of hydrogen-bond acceptors (Lipinski definition) is 2. The summed E-state index contributed by atoms with van der Waals surface area (Å²) in [6.07, 6.45) is -3.21. The molecule has 3 nitrogen and oxygen atoms in total. The summed E-state index contributed by atoms with van der Waals surface area (Å²) in [6.45, 7) is 0. The molecule has 0 saturated carbocycles. The second-order valence-corrected chi connectivity index (χ2v) is 4.69. The predicted molar refractivity (Wildman–Crippen MR) is 65.8 cm³/mol. The number of halogens is 4. The Morgan fingerprint density at radius 3 is 2.47 bits per heavy atom. The molecule has 1 aromatic carbocycles. The first-order valence-corrected chi connectivity index (χ1v) is 6.00. The number of carbonyl (C=O) groups is 1. The summed E-state index contributed by atoms with van der Waals surface area (Å²) in [5, 5.41) is 3.82. The SMILES string of the molecule is Cn1ncc(Br)c1C(=O)c1ccccc1C(F)(F)F. The van der Waals surface area contributed by atoms with E-state index in [4.69, 9.17) is 0 Å². The monoisotopic (exact) mass is 332 g/mol. The summed E-state index contributed by atoms with van der Waals surface area (Å²) >= 11 is 3.10. The smallest absolute Gasteiger partial charge is 0.287 e. The number of benzene rings is 1. The lowest BCUT2D eigenvalue weighted by atomic mass is 10.0. The normalized spacial score (nSPS) is 11.6. The Labute approximate surface area is 115 Å². The molecule has 0 amide bonds. The van der Waals surface area contributed by atoms with Crippen molar-refractivity contribution in [3.8, 4) is 0 Å². The molecule has 1 aromatic heterocycles. The van der Waals surface area contributed by atoms with E-state index in [0.29, 0.717) is 4.47 Å². The second kappa shape index (κ2) is 4.80. The second-order valence-electron chi connectivity index (χ2n) is 3.84. The van der Waals surface area contributed by atoms with Crippen molar-refractivity contribution in [2.75, 3.05) is 0 Å². The number of ketones is 1. The van der Waals surface area contributed by atoms with E-state index >= 15 is 0 Å². The van der Waals surface area contributed by atoms with Crippen LogP contribution in [0.15, 0.2) is 34.9 Å². The minimum absolute atomic E-state index is 0.0803. The topological polar surface area (TPSA) is 34.9 Å². The number of aromatic nitrogens is 2. The van der Waals surface area contributed by atoms with E-state index in [1.807, 2.05) is 0 Å². The molecule has 19 heavy (non-hydrogen) atoms. The lowest BCUT2D eigenvalue weighted by molar-refractivity contribution is -0.137. The Morgan fingerprint density at radius 1 is 1.32 bits per heavy atom. The third kappa shape index (κ3) is 2.56. The molecule has 0 N–H and O–H groups in total. The first-order valence-electron chi connectivity index (χ1n) is 5.21. The highest BCUT2D eigenvalue weighted by molar-refractivity contribution is 9.10. The molecule has 7 heteroatoms. The van der Waals surface area contributed by atoms with Crippen LogP contribution < -0.4 is 0 Å². The highest BCUT2D eigenvalue weighted by atomic mass is 79.9. The van der Waals surface area contributed by atoms with Crippen molar-refractivity contribution in [1.82, 2.24) is 9.78 Å². The minimum atomic E-state index is -4.57. The van der Waals surface area contributed by atoms with Crippen molar-refractivity contribution in [2.45, 2.75) is 6.18 Å². The van der Waals surface area contributed by atoms with Gasteiger partial charge in [0.15, 0.2) is 0 Å². The van der Waals surface area contributed by atoms with Crippen molar-refractivity contribution in [3.63, 3.8) is 0 Å². The highest BCUT2D eigenvalue weighted by Crippen LogP contribution is 2.33. The van der Waals surface area contributed by atoms with Crippen LogP contribution in [0, 0.1) is 0 Å². The summed E-state index contributed by atoms with van der Waals surface area (Å²) in [5.41, 5.74) is -1.26. The maximum atomic E-state index is 12.9. The molecule has 0 radical (unpaired) electrons. The average molecular weight is 333 g/mol. The average Bonchev–Trinajstić information content (AvgIpc) is 2.67. The van der Waals surface area contributed by atoms with Crippen molar-refractivity contribution in [1.29, 1.82) is 0 Å². The van der Waals surface area contributed by atoms with E-state index in [2.05, 4.69) is 21.0 Å². The van der Waals surface area contributed by atoms with Crippen molar-refractivity contribution < 1.29 is 18.0 Å². The van der Waals surface area contributed by atoms with Crippen molar-refractivity contribution in [2.24, 2.45) is 7.05 Å². The lowest BCUT2D eigenvalue weighted by Crippen LogP contribution is -2.16. The van der Waals surface area contributed by atoms with Gasteiger partial charge in [-0.25, -0.2) is 0 Å². The summed E-state index contributed by atoms with van der Waals surface area (Å²) in [7, 11) is 1.49. The predicted octanol–water partition coefficient (Wildman–Crippen LogP) is 3.43. The quantitative estimate of drug-likeness (QED) is 0.790. The largest absolute Gasteiger partial charge is 0.417 e. The molecule has 1 heterocycles. The van der Waals surface area contributed by atoms with Crippen molar-refractivity contribution in [3.05, 3.63) is 51.8 Å². The van der Waals surface area contributed by atoms with Gasteiger partial charge in [-0.1, -0.05) is 18.2 Å². The number of nitrogens with zero attached hydrogens (tertiary/aromatic N) is 2. The fourth-order valence-corrected chi connectivity index (χ4v) is 2.25. The molecule has 0 bridgehead atoms. The molecule has 100 valence electrons. The first kappa shape index (κ1) is 13.8. The molecule has 2 rings (SSSR count). The standard InChI is InChI=1S/C12H8BrF3N2O/c1-18-10(9(13)6-17-18)11(19)7-4-2-3-5-8(7)12(14,15)16/h2-6H,1H3. The van der Waals surface area contributed by atoms with Gasteiger partial charge in [0, 0.05) is 12.6 Å². The van der Waals surface area contributed by atoms with Gasteiger partial charge in [-0.2, -0.15) is 18.3 Å². The highest BCUT2D eigenvalue weighted by Gasteiger charge is 2.35. The molecule has 0 saturated heterocycles. The summed E-state index contributed by atoms with van der Waals surface area (Å²) in [4.78, 5) is 12.2. The van der Waals surface area contributed by atoms with E-state index in [0.717, 1.165) is 12.1 Å². The number of aryl methyl sites for hydroxylation is 1. The fraction of sp³-hybridized carbons (Fsp3) is 0.167. The van der Waals surface area contributed by atoms with Crippen LogP contribution in [0.5, 0.6) is 0 Å². The Bertz CT molecular complexity index is 615. The Morgan fingerprint density at radius 2 is 1.95 bits per heavy atom. The molecular formula is C12H8BrF3N2O. The van der Waals surface area contributed by atoms with E-state index in [1.54, 1.807) is 0 Å². The Hall–Kier alpha value is -1.63. The zero-order chi connectivity index (χ0) is 14.2. The molecule has 0 unspecified atom stereocenters. The maximum Gasteiger partial charge on any atom is 0.417 e. The summed E-state index contributed by atoms with van der Waals surface area (Å²) in [6, 6.07) is 4.69. The van der Waals surface area contributed by atoms with Gasteiger partial charge >= 0.3 is 6.18 Å². The minimum Gasteiger partial charge on any atom is -0.287 e. The number of rotatable bonds is 2. The van der Waals surface area contributed by atoms with E-state index in [9.17, 15) is 18.0 Å². The van der Waals surface area contributed by atoms with Crippen LogP contribution in [-0.2, 0) is 13.2 Å². The van der Waals surface area contributed by atoms with Gasteiger partial charge < -0.3 is 0 Å².